The van der Waals surface area contributed by atoms with Gasteiger partial charge in [-0.25, -0.2) is 0 Å². The van der Waals surface area contributed by atoms with Crippen molar-refractivity contribution in [3.8, 4) is 0 Å². The van der Waals surface area contributed by atoms with Gasteiger partial charge in [-0.05, 0) is 19.8 Å². The number of nitrogens with zero attached hydrogens (tertiary/aromatic N) is 1. The molecule has 1 aliphatic heterocycles. The molecule has 1 N–H and O–H groups in total. The van der Waals surface area contributed by atoms with Crippen LogP contribution in [0.5, 0.6) is 0 Å². The molecule has 3 heteroatoms. The van der Waals surface area contributed by atoms with E-state index >= 15 is 0 Å². The molecular formula is C11H18N2O. The second-order valence-electron chi connectivity index (χ2n) is 4.22. The summed E-state index contributed by atoms with van der Waals surface area (Å²) in [5, 5.41) is 3.30. The average Bonchev–Trinajstić information content (AvgIpc) is 2.70. The van der Waals surface area contributed by atoms with Crippen molar-refractivity contribution in [2.24, 2.45) is 5.92 Å². The first kappa shape index (κ1) is 9.71. The molecular weight excluding hydrogens is 176 g/mol. The number of allylic oxidation sites excluding steroid dienone is 2. The summed E-state index contributed by atoms with van der Waals surface area (Å²) in [5.74, 6) is 0.583. The molecule has 3 nitrogen and oxygen atoms in total. The van der Waals surface area contributed by atoms with E-state index < -0.39 is 0 Å². The van der Waals surface area contributed by atoms with Gasteiger partial charge in [0.15, 0.2) is 0 Å². The van der Waals surface area contributed by atoms with Crippen LogP contribution >= 0.6 is 0 Å². The molecule has 14 heavy (non-hydrogen) atoms. The van der Waals surface area contributed by atoms with Gasteiger partial charge < -0.3 is 10.2 Å². The lowest BCUT2D eigenvalue weighted by Crippen LogP contribution is -2.53. The summed E-state index contributed by atoms with van der Waals surface area (Å²) >= 11 is 0. The first-order valence-electron chi connectivity index (χ1n) is 5.45. The molecule has 78 valence electrons. The van der Waals surface area contributed by atoms with Gasteiger partial charge in [0.25, 0.3) is 0 Å². The maximum atomic E-state index is 12.1. The third-order valence-electron chi connectivity index (χ3n) is 3.14. The molecule has 1 aliphatic carbocycles. The van der Waals surface area contributed by atoms with Crippen molar-refractivity contribution in [2.45, 2.75) is 25.8 Å². The fourth-order valence-electron chi connectivity index (χ4n) is 2.22. The molecule has 0 saturated carbocycles. The number of amides is 1. The van der Waals surface area contributed by atoms with Gasteiger partial charge in [-0.3, -0.25) is 4.79 Å². The molecule has 1 atom stereocenters. The Hall–Kier alpha value is -0.830. The van der Waals surface area contributed by atoms with Crippen LogP contribution in [-0.2, 0) is 4.79 Å². The van der Waals surface area contributed by atoms with E-state index in [0.717, 1.165) is 32.5 Å². The molecule has 0 bridgehead atoms. The minimum absolute atomic E-state index is 0.232. The third-order valence-corrected chi connectivity index (χ3v) is 3.14. The fraction of sp³-hybridized carbons (Fsp3) is 0.727. The molecule has 2 aliphatic rings. The zero-order valence-corrected chi connectivity index (χ0v) is 8.70. The number of hydrogen-bond donors (Lipinski definition) is 1. The largest absolute Gasteiger partial charge is 0.337 e. The van der Waals surface area contributed by atoms with E-state index in [1.54, 1.807) is 0 Å². The Morgan fingerprint density at radius 1 is 1.43 bits per heavy atom. The Balaban J connectivity index is 1.95. The van der Waals surface area contributed by atoms with Gasteiger partial charge in [-0.1, -0.05) is 12.2 Å². The predicted octanol–water partition coefficient (Wildman–Crippen LogP) is 0.773. The van der Waals surface area contributed by atoms with Crippen molar-refractivity contribution in [3.05, 3.63) is 12.2 Å². The van der Waals surface area contributed by atoms with Crippen LogP contribution in [0.2, 0.25) is 0 Å². The van der Waals surface area contributed by atoms with Crippen LogP contribution in [0.25, 0.3) is 0 Å². The van der Waals surface area contributed by atoms with Gasteiger partial charge in [0.1, 0.15) is 0 Å². The SMILES string of the molecule is C[C@@H]1CNCCN1C(=O)C1CC=CC1. The number of carbonyl (C=O) groups is 1. The Morgan fingerprint density at radius 2 is 2.14 bits per heavy atom. The second kappa shape index (κ2) is 4.13. The highest BCUT2D eigenvalue weighted by Crippen LogP contribution is 2.21. The van der Waals surface area contributed by atoms with Crippen molar-refractivity contribution in [3.63, 3.8) is 0 Å². The number of rotatable bonds is 1. The average molecular weight is 194 g/mol. The quantitative estimate of drug-likeness (QED) is 0.625. The Kier molecular flexibility index (Phi) is 2.87. The Labute approximate surface area is 85.2 Å². The Bertz CT molecular complexity index is 242. The monoisotopic (exact) mass is 194 g/mol. The lowest BCUT2D eigenvalue weighted by atomic mass is 10.0. The van der Waals surface area contributed by atoms with Gasteiger partial charge in [0, 0.05) is 31.6 Å². The van der Waals surface area contributed by atoms with Crippen molar-refractivity contribution >= 4 is 5.91 Å². The molecule has 2 rings (SSSR count). The maximum absolute atomic E-state index is 12.1. The number of nitrogens with one attached hydrogen (secondary N) is 1. The predicted molar refractivity (Wildman–Crippen MR) is 55.9 cm³/mol. The number of hydrogen-bond acceptors (Lipinski definition) is 2. The molecule has 0 radical (unpaired) electrons. The molecule has 1 fully saturated rings. The molecule has 1 heterocycles. The zero-order valence-electron chi connectivity index (χ0n) is 8.70. The lowest BCUT2D eigenvalue weighted by Gasteiger charge is -2.35. The van der Waals surface area contributed by atoms with Crippen LogP contribution in [-0.4, -0.2) is 36.5 Å². The fourth-order valence-corrected chi connectivity index (χ4v) is 2.22. The molecule has 0 unspecified atom stereocenters. The van der Waals surface area contributed by atoms with Crippen molar-refractivity contribution in [1.29, 1.82) is 0 Å². The molecule has 1 saturated heterocycles. The second-order valence-corrected chi connectivity index (χ2v) is 4.22. The number of piperazine rings is 1. The highest BCUT2D eigenvalue weighted by molar-refractivity contribution is 5.80. The minimum atomic E-state index is 0.232. The summed E-state index contributed by atoms with van der Waals surface area (Å²) in [6.07, 6.45) is 6.12. The van der Waals surface area contributed by atoms with E-state index in [0.29, 0.717) is 11.9 Å². The van der Waals surface area contributed by atoms with Gasteiger partial charge in [-0.15, -0.1) is 0 Å². The summed E-state index contributed by atoms with van der Waals surface area (Å²) < 4.78 is 0. The van der Waals surface area contributed by atoms with Gasteiger partial charge in [-0.2, -0.15) is 0 Å². The topological polar surface area (TPSA) is 32.3 Å². The van der Waals surface area contributed by atoms with E-state index in [-0.39, 0.29) is 5.92 Å². The van der Waals surface area contributed by atoms with E-state index in [2.05, 4.69) is 24.4 Å². The highest BCUT2D eigenvalue weighted by atomic mass is 16.2. The summed E-state index contributed by atoms with van der Waals surface area (Å²) in [6.45, 7) is 4.87. The van der Waals surface area contributed by atoms with Crippen molar-refractivity contribution < 1.29 is 4.79 Å². The smallest absolute Gasteiger partial charge is 0.226 e. The van der Waals surface area contributed by atoms with Gasteiger partial charge in [0.2, 0.25) is 5.91 Å². The zero-order chi connectivity index (χ0) is 9.97. The standard InChI is InChI=1S/C11H18N2O/c1-9-8-12-6-7-13(9)11(14)10-4-2-3-5-10/h2-3,9-10,12H,4-8H2,1H3/t9-/m1/s1. The first-order chi connectivity index (χ1) is 6.79. The van der Waals surface area contributed by atoms with Gasteiger partial charge >= 0.3 is 0 Å². The van der Waals surface area contributed by atoms with Crippen LogP contribution in [0.4, 0.5) is 0 Å². The number of carbonyl (C=O) groups excluding carboxylic acids is 1. The minimum Gasteiger partial charge on any atom is -0.337 e. The molecule has 0 aromatic rings. The molecule has 0 aromatic heterocycles. The van der Waals surface area contributed by atoms with E-state index in [9.17, 15) is 4.79 Å². The van der Waals surface area contributed by atoms with Crippen molar-refractivity contribution in [2.75, 3.05) is 19.6 Å². The van der Waals surface area contributed by atoms with Crippen LogP contribution in [0.1, 0.15) is 19.8 Å². The molecule has 1 amide bonds. The van der Waals surface area contributed by atoms with E-state index in [4.69, 9.17) is 0 Å². The van der Waals surface area contributed by atoms with Crippen LogP contribution in [0, 0.1) is 5.92 Å². The van der Waals surface area contributed by atoms with Crippen LogP contribution in [0.3, 0.4) is 0 Å². The first-order valence-corrected chi connectivity index (χ1v) is 5.45. The normalized spacial score (nSPS) is 28.4. The van der Waals surface area contributed by atoms with Crippen LogP contribution < -0.4 is 5.32 Å². The molecule has 0 aromatic carbocycles. The summed E-state index contributed by atoms with van der Waals surface area (Å²) in [6, 6.07) is 0.358. The highest BCUT2D eigenvalue weighted by Gasteiger charge is 2.29. The summed E-state index contributed by atoms with van der Waals surface area (Å²) in [4.78, 5) is 14.1. The summed E-state index contributed by atoms with van der Waals surface area (Å²) in [5.41, 5.74) is 0. The van der Waals surface area contributed by atoms with E-state index in [1.807, 2.05) is 4.90 Å². The third kappa shape index (κ3) is 1.82. The summed E-state index contributed by atoms with van der Waals surface area (Å²) in [7, 11) is 0. The van der Waals surface area contributed by atoms with Crippen molar-refractivity contribution in [1.82, 2.24) is 10.2 Å². The van der Waals surface area contributed by atoms with Gasteiger partial charge in [0.05, 0.1) is 0 Å². The maximum Gasteiger partial charge on any atom is 0.226 e. The lowest BCUT2D eigenvalue weighted by molar-refractivity contribution is -0.138. The van der Waals surface area contributed by atoms with E-state index in [1.165, 1.54) is 0 Å². The molecule has 0 spiro atoms. The Morgan fingerprint density at radius 3 is 2.79 bits per heavy atom. The van der Waals surface area contributed by atoms with Crippen LogP contribution in [0.15, 0.2) is 12.2 Å².